The molecular formula is C25H20N4O2S. The highest BCUT2D eigenvalue weighted by atomic mass is 32.1. The van der Waals surface area contributed by atoms with Crippen LogP contribution in [0.1, 0.15) is 21.6 Å². The maximum atomic E-state index is 13.2. The molecule has 0 radical (unpaired) electrons. The van der Waals surface area contributed by atoms with E-state index in [9.17, 15) is 9.59 Å². The molecule has 0 aliphatic heterocycles. The van der Waals surface area contributed by atoms with Gasteiger partial charge in [-0.1, -0.05) is 6.07 Å². The number of amides is 1. The van der Waals surface area contributed by atoms with E-state index in [0.717, 1.165) is 37.9 Å². The fourth-order valence-electron chi connectivity index (χ4n) is 3.85. The first-order valence-electron chi connectivity index (χ1n) is 10.1. The van der Waals surface area contributed by atoms with Crippen molar-refractivity contribution >= 4 is 44.1 Å². The molecule has 3 heterocycles. The number of hydrogen-bond donors (Lipinski definition) is 1. The summed E-state index contributed by atoms with van der Waals surface area (Å²) in [6, 6.07) is 14.8. The van der Waals surface area contributed by atoms with Crippen molar-refractivity contribution in [1.82, 2.24) is 14.5 Å². The average molecular weight is 441 g/mol. The SMILES string of the molecule is Cc1cc2c(cn1)cc(-c1cc(NC(=O)c3ccc4ncsc4c3)ccc1C)c(=O)n2C. The van der Waals surface area contributed by atoms with Gasteiger partial charge in [-0.25, -0.2) is 4.98 Å². The van der Waals surface area contributed by atoms with Crippen molar-refractivity contribution in [2.24, 2.45) is 7.05 Å². The van der Waals surface area contributed by atoms with Gasteiger partial charge < -0.3 is 9.88 Å². The van der Waals surface area contributed by atoms with Crippen LogP contribution < -0.4 is 10.9 Å². The molecule has 0 saturated heterocycles. The lowest BCUT2D eigenvalue weighted by molar-refractivity contribution is 0.102. The Labute approximate surface area is 188 Å². The van der Waals surface area contributed by atoms with E-state index < -0.39 is 0 Å². The maximum Gasteiger partial charge on any atom is 0.258 e. The number of aryl methyl sites for hydroxylation is 3. The highest BCUT2D eigenvalue weighted by Gasteiger charge is 2.14. The Morgan fingerprint density at radius 1 is 1.00 bits per heavy atom. The Hall–Kier alpha value is -3.84. The topological polar surface area (TPSA) is 76.9 Å². The van der Waals surface area contributed by atoms with Gasteiger partial charge in [0, 0.05) is 41.1 Å². The highest BCUT2D eigenvalue weighted by molar-refractivity contribution is 7.16. The number of thiazole rings is 1. The molecule has 0 spiro atoms. The zero-order valence-electron chi connectivity index (χ0n) is 17.8. The van der Waals surface area contributed by atoms with Crippen molar-refractivity contribution in [3.8, 4) is 11.1 Å². The van der Waals surface area contributed by atoms with Crippen LogP contribution in [-0.2, 0) is 7.05 Å². The van der Waals surface area contributed by atoms with E-state index in [1.54, 1.807) is 29.4 Å². The molecule has 2 aromatic carbocycles. The van der Waals surface area contributed by atoms with Gasteiger partial charge in [-0.15, -0.1) is 11.3 Å². The second kappa shape index (κ2) is 7.69. The van der Waals surface area contributed by atoms with Gasteiger partial charge in [-0.2, -0.15) is 0 Å². The zero-order chi connectivity index (χ0) is 22.4. The van der Waals surface area contributed by atoms with Crippen LogP contribution in [0.2, 0.25) is 0 Å². The van der Waals surface area contributed by atoms with Gasteiger partial charge in [0.2, 0.25) is 0 Å². The van der Waals surface area contributed by atoms with Crippen molar-refractivity contribution in [2.75, 3.05) is 5.32 Å². The monoisotopic (exact) mass is 440 g/mol. The lowest BCUT2D eigenvalue weighted by atomic mass is 9.99. The summed E-state index contributed by atoms with van der Waals surface area (Å²) < 4.78 is 2.61. The summed E-state index contributed by atoms with van der Waals surface area (Å²) >= 11 is 1.50. The number of anilines is 1. The minimum atomic E-state index is -0.207. The van der Waals surface area contributed by atoms with E-state index in [4.69, 9.17) is 0 Å². The second-order valence-corrected chi connectivity index (χ2v) is 8.71. The van der Waals surface area contributed by atoms with E-state index in [1.165, 1.54) is 11.3 Å². The van der Waals surface area contributed by atoms with Crippen molar-refractivity contribution in [3.63, 3.8) is 0 Å². The Balaban J connectivity index is 1.54. The van der Waals surface area contributed by atoms with Crippen LogP contribution in [0.5, 0.6) is 0 Å². The number of hydrogen-bond acceptors (Lipinski definition) is 5. The Morgan fingerprint density at radius 3 is 2.69 bits per heavy atom. The van der Waals surface area contributed by atoms with Crippen LogP contribution in [-0.4, -0.2) is 20.4 Å². The zero-order valence-corrected chi connectivity index (χ0v) is 18.7. The third kappa shape index (κ3) is 3.46. The number of rotatable bonds is 3. The number of fused-ring (bicyclic) bond motifs is 2. The van der Waals surface area contributed by atoms with Crippen molar-refractivity contribution in [1.29, 1.82) is 0 Å². The summed E-state index contributed by atoms with van der Waals surface area (Å²) in [6.45, 7) is 3.86. The smallest absolute Gasteiger partial charge is 0.258 e. The quantitative estimate of drug-likeness (QED) is 0.424. The van der Waals surface area contributed by atoms with Gasteiger partial charge in [0.05, 0.1) is 21.2 Å². The van der Waals surface area contributed by atoms with E-state index in [-0.39, 0.29) is 11.5 Å². The normalized spacial score (nSPS) is 11.2. The number of nitrogens with one attached hydrogen (secondary N) is 1. The van der Waals surface area contributed by atoms with Gasteiger partial charge in [0.1, 0.15) is 0 Å². The molecule has 5 rings (SSSR count). The van der Waals surface area contributed by atoms with Crippen LogP contribution in [0, 0.1) is 13.8 Å². The fourth-order valence-corrected chi connectivity index (χ4v) is 4.56. The average Bonchev–Trinajstić information content (AvgIpc) is 3.26. The predicted molar refractivity (Wildman–Crippen MR) is 129 cm³/mol. The van der Waals surface area contributed by atoms with E-state index >= 15 is 0 Å². The molecule has 0 bridgehead atoms. The first-order chi connectivity index (χ1) is 15.4. The molecule has 5 aromatic rings. The van der Waals surface area contributed by atoms with Gasteiger partial charge in [0.25, 0.3) is 11.5 Å². The fraction of sp³-hybridized carbons (Fsp3) is 0.120. The minimum absolute atomic E-state index is 0.0923. The molecule has 7 heteroatoms. The molecule has 0 fully saturated rings. The first-order valence-corrected chi connectivity index (χ1v) is 11.0. The van der Waals surface area contributed by atoms with Crippen LogP contribution in [0.15, 0.2) is 65.0 Å². The van der Waals surface area contributed by atoms with Gasteiger partial charge in [0.15, 0.2) is 0 Å². The molecule has 3 aromatic heterocycles. The molecule has 1 N–H and O–H groups in total. The maximum absolute atomic E-state index is 13.2. The Bertz CT molecular complexity index is 1580. The number of carbonyl (C=O) groups excluding carboxylic acids is 1. The number of pyridine rings is 2. The number of benzene rings is 2. The molecule has 6 nitrogen and oxygen atoms in total. The third-order valence-electron chi connectivity index (χ3n) is 5.62. The summed E-state index contributed by atoms with van der Waals surface area (Å²) in [5.74, 6) is -0.207. The second-order valence-electron chi connectivity index (χ2n) is 7.83. The molecular weight excluding hydrogens is 420 g/mol. The Morgan fingerprint density at radius 2 is 1.84 bits per heavy atom. The molecule has 1 amide bonds. The summed E-state index contributed by atoms with van der Waals surface area (Å²) in [7, 11) is 1.77. The molecule has 0 aliphatic carbocycles. The van der Waals surface area contributed by atoms with Crippen LogP contribution >= 0.6 is 11.3 Å². The van der Waals surface area contributed by atoms with Crippen LogP contribution in [0.3, 0.4) is 0 Å². The van der Waals surface area contributed by atoms with Crippen molar-refractivity contribution < 1.29 is 4.79 Å². The van der Waals surface area contributed by atoms with Gasteiger partial charge in [-0.05, 0) is 67.4 Å². The highest BCUT2D eigenvalue weighted by Crippen LogP contribution is 2.27. The summed E-state index contributed by atoms with van der Waals surface area (Å²) in [4.78, 5) is 34.6. The lowest BCUT2D eigenvalue weighted by Crippen LogP contribution is -2.19. The number of aromatic nitrogens is 3. The van der Waals surface area contributed by atoms with E-state index in [2.05, 4.69) is 15.3 Å². The predicted octanol–water partition coefficient (Wildman–Crippen LogP) is 5.08. The summed E-state index contributed by atoms with van der Waals surface area (Å²) in [5.41, 5.74) is 7.74. The minimum Gasteiger partial charge on any atom is -0.322 e. The molecule has 0 saturated carbocycles. The van der Waals surface area contributed by atoms with Crippen molar-refractivity contribution in [2.45, 2.75) is 13.8 Å². The largest absolute Gasteiger partial charge is 0.322 e. The Kier molecular flexibility index (Phi) is 4.83. The number of carbonyl (C=O) groups is 1. The van der Waals surface area contributed by atoms with Crippen LogP contribution in [0.25, 0.3) is 32.2 Å². The molecule has 0 atom stereocenters. The standard InChI is InChI=1S/C25H20N4O2S/c1-14-4-6-18(28-24(30)16-5-7-21-23(10-16)32-13-27-21)11-19(14)20-9-17-12-26-15(2)8-22(17)29(3)25(20)31/h4-13H,1-3H3,(H,28,30). The van der Waals surface area contributed by atoms with Gasteiger partial charge in [-0.3, -0.25) is 14.6 Å². The third-order valence-corrected chi connectivity index (χ3v) is 6.42. The molecule has 32 heavy (non-hydrogen) atoms. The van der Waals surface area contributed by atoms with Crippen molar-refractivity contribution in [3.05, 3.63) is 87.4 Å². The molecule has 0 unspecified atom stereocenters. The summed E-state index contributed by atoms with van der Waals surface area (Å²) in [6.07, 6.45) is 1.78. The van der Waals surface area contributed by atoms with E-state index in [0.29, 0.717) is 16.8 Å². The van der Waals surface area contributed by atoms with Gasteiger partial charge >= 0.3 is 0 Å². The van der Waals surface area contributed by atoms with Crippen LogP contribution in [0.4, 0.5) is 5.69 Å². The number of nitrogens with zero attached hydrogens (tertiary/aromatic N) is 3. The molecule has 0 aliphatic rings. The summed E-state index contributed by atoms with van der Waals surface area (Å²) in [5, 5.41) is 3.84. The van der Waals surface area contributed by atoms with E-state index in [1.807, 2.05) is 56.3 Å². The first kappa shape index (κ1) is 20.1. The molecule has 158 valence electrons. The lowest BCUT2D eigenvalue weighted by Gasteiger charge is -2.13.